The zero-order valence-corrected chi connectivity index (χ0v) is 19.0. The molecule has 1 aliphatic rings. The lowest BCUT2D eigenvalue weighted by molar-refractivity contribution is -0.140. The van der Waals surface area contributed by atoms with Crippen molar-refractivity contribution in [3.8, 4) is 0 Å². The molecule has 0 radical (unpaired) electrons. The molecule has 0 aliphatic heterocycles. The molecule has 0 aromatic heterocycles. The van der Waals surface area contributed by atoms with Gasteiger partial charge in [-0.3, -0.25) is 9.59 Å². The van der Waals surface area contributed by atoms with Crippen LogP contribution in [-0.2, 0) is 22.7 Å². The average Bonchev–Trinajstić information content (AvgIpc) is 2.76. The molecule has 0 unspecified atom stereocenters. The van der Waals surface area contributed by atoms with Crippen molar-refractivity contribution in [1.29, 1.82) is 0 Å². The van der Waals surface area contributed by atoms with E-state index in [1.165, 1.54) is 0 Å². The molecule has 160 valence electrons. The summed E-state index contributed by atoms with van der Waals surface area (Å²) in [5, 5.41) is 1.38. The van der Waals surface area contributed by atoms with Gasteiger partial charge in [0.25, 0.3) is 0 Å². The normalized spacial score (nSPS) is 18.7. The number of rotatable bonds is 6. The van der Waals surface area contributed by atoms with Crippen molar-refractivity contribution < 1.29 is 9.59 Å². The van der Waals surface area contributed by atoms with Crippen LogP contribution in [0.3, 0.4) is 0 Å². The Morgan fingerprint density at radius 3 is 1.30 bits per heavy atom. The van der Waals surface area contributed by atoms with Crippen LogP contribution in [0.25, 0.3) is 0 Å². The van der Waals surface area contributed by atoms with E-state index in [1.807, 2.05) is 62.6 Å². The van der Waals surface area contributed by atoms with Crippen LogP contribution in [0, 0.1) is 11.8 Å². The van der Waals surface area contributed by atoms with Gasteiger partial charge in [-0.25, -0.2) is 0 Å². The monoisotopic (exact) mass is 446 g/mol. The molecule has 4 nitrogen and oxygen atoms in total. The smallest absolute Gasteiger partial charge is 0.225 e. The molecule has 2 amide bonds. The van der Waals surface area contributed by atoms with Crippen molar-refractivity contribution in [2.24, 2.45) is 11.8 Å². The number of halogens is 2. The van der Waals surface area contributed by atoms with Gasteiger partial charge >= 0.3 is 0 Å². The van der Waals surface area contributed by atoms with Crippen LogP contribution in [-0.4, -0.2) is 35.7 Å². The van der Waals surface area contributed by atoms with Crippen LogP contribution in [0.15, 0.2) is 48.5 Å². The number of benzene rings is 2. The summed E-state index contributed by atoms with van der Waals surface area (Å²) in [6.07, 6.45) is 3.04. The summed E-state index contributed by atoms with van der Waals surface area (Å²) in [7, 11) is 3.68. The summed E-state index contributed by atoms with van der Waals surface area (Å²) in [4.78, 5) is 29.2. The Bertz CT molecular complexity index is 786. The Morgan fingerprint density at radius 1 is 0.700 bits per heavy atom. The van der Waals surface area contributed by atoms with Crippen LogP contribution in [0.2, 0.25) is 10.0 Å². The number of amides is 2. The summed E-state index contributed by atoms with van der Waals surface area (Å²) in [6, 6.07) is 15.1. The lowest BCUT2D eigenvalue weighted by Crippen LogP contribution is -2.38. The fourth-order valence-corrected chi connectivity index (χ4v) is 4.35. The quantitative estimate of drug-likeness (QED) is 0.594. The van der Waals surface area contributed by atoms with Crippen LogP contribution >= 0.6 is 23.2 Å². The summed E-state index contributed by atoms with van der Waals surface area (Å²) in [5.41, 5.74) is 2.12. The van der Waals surface area contributed by atoms with Gasteiger partial charge in [0.05, 0.1) is 0 Å². The molecule has 0 atom stereocenters. The molecule has 0 saturated heterocycles. The first-order chi connectivity index (χ1) is 14.3. The van der Waals surface area contributed by atoms with E-state index in [9.17, 15) is 9.59 Å². The van der Waals surface area contributed by atoms with Gasteiger partial charge < -0.3 is 9.80 Å². The Labute approximate surface area is 188 Å². The Morgan fingerprint density at radius 2 is 1.00 bits per heavy atom. The molecule has 0 spiro atoms. The maximum absolute atomic E-state index is 12.8. The van der Waals surface area contributed by atoms with E-state index in [0.717, 1.165) is 36.8 Å². The van der Waals surface area contributed by atoms with Crippen LogP contribution in [0.1, 0.15) is 36.8 Å². The third-order valence-electron chi connectivity index (χ3n) is 5.84. The van der Waals surface area contributed by atoms with Crippen LogP contribution in [0.4, 0.5) is 0 Å². The molecule has 30 heavy (non-hydrogen) atoms. The van der Waals surface area contributed by atoms with Gasteiger partial charge in [0.15, 0.2) is 0 Å². The third kappa shape index (κ3) is 5.99. The van der Waals surface area contributed by atoms with Crippen LogP contribution in [0.5, 0.6) is 0 Å². The van der Waals surface area contributed by atoms with Crippen LogP contribution < -0.4 is 0 Å². The van der Waals surface area contributed by atoms with Crippen molar-refractivity contribution in [1.82, 2.24) is 9.80 Å². The Hall–Kier alpha value is -2.04. The highest BCUT2D eigenvalue weighted by Crippen LogP contribution is 2.31. The topological polar surface area (TPSA) is 40.6 Å². The molecule has 3 rings (SSSR count). The minimum absolute atomic E-state index is 0.00655. The van der Waals surface area contributed by atoms with Gasteiger partial charge in [0, 0.05) is 49.1 Å². The molecule has 1 saturated carbocycles. The van der Waals surface area contributed by atoms with Gasteiger partial charge in [-0.05, 0) is 61.1 Å². The molecule has 6 heteroatoms. The van der Waals surface area contributed by atoms with Crippen molar-refractivity contribution >= 4 is 35.0 Å². The minimum Gasteiger partial charge on any atom is -0.341 e. The second-order valence-corrected chi connectivity index (χ2v) is 9.06. The lowest BCUT2D eigenvalue weighted by Gasteiger charge is -2.32. The maximum Gasteiger partial charge on any atom is 0.225 e. The van der Waals surface area contributed by atoms with Crippen molar-refractivity contribution in [3.63, 3.8) is 0 Å². The Kier molecular flexibility index (Phi) is 7.79. The van der Waals surface area contributed by atoms with Crippen molar-refractivity contribution in [2.45, 2.75) is 38.8 Å². The number of hydrogen-bond acceptors (Lipinski definition) is 2. The van der Waals surface area contributed by atoms with Gasteiger partial charge in [-0.1, -0.05) is 47.5 Å². The van der Waals surface area contributed by atoms with E-state index < -0.39 is 0 Å². The number of hydrogen-bond donors (Lipinski definition) is 0. The SMILES string of the molecule is CN(Cc1ccc(Cl)cc1)C(=O)C1CCC(C(=O)N(C)Cc2ccc(Cl)cc2)CC1. The first-order valence-corrected chi connectivity index (χ1v) is 11.1. The average molecular weight is 447 g/mol. The highest BCUT2D eigenvalue weighted by molar-refractivity contribution is 6.30. The van der Waals surface area contributed by atoms with E-state index in [1.54, 1.807) is 9.80 Å². The Balaban J connectivity index is 1.48. The fourth-order valence-electron chi connectivity index (χ4n) is 4.09. The number of carbonyl (C=O) groups excluding carboxylic acids is 2. The highest BCUT2D eigenvalue weighted by atomic mass is 35.5. The molecular weight excluding hydrogens is 419 g/mol. The third-order valence-corrected chi connectivity index (χ3v) is 6.35. The van der Waals surface area contributed by atoms with E-state index in [2.05, 4.69) is 0 Å². The second-order valence-electron chi connectivity index (χ2n) is 8.19. The highest BCUT2D eigenvalue weighted by Gasteiger charge is 2.32. The minimum atomic E-state index is -0.00655. The number of nitrogens with zero attached hydrogens (tertiary/aromatic N) is 2. The number of carbonyl (C=O) groups is 2. The standard InChI is InChI=1S/C24H28Cl2N2O2/c1-27(15-17-3-11-21(25)12-4-17)23(29)19-7-9-20(10-8-19)24(30)28(2)16-18-5-13-22(26)14-6-18/h3-6,11-14,19-20H,7-10,15-16H2,1-2H3. The van der Waals surface area contributed by atoms with E-state index in [0.29, 0.717) is 23.1 Å². The van der Waals surface area contributed by atoms with E-state index >= 15 is 0 Å². The summed E-state index contributed by atoms with van der Waals surface area (Å²) in [5.74, 6) is 0.302. The lowest BCUT2D eigenvalue weighted by atomic mass is 9.80. The zero-order valence-electron chi connectivity index (χ0n) is 17.5. The van der Waals surface area contributed by atoms with Crippen molar-refractivity contribution in [3.05, 3.63) is 69.7 Å². The van der Waals surface area contributed by atoms with Gasteiger partial charge in [0.1, 0.15) is 0 Å². The second kappa shape index (κ2) is 10.3. The molecule has 1 fully saturated rings. The molecule has 0 heterocycles. The van der Waals surface area contributed by atoms with Crippen molar-refractivity contribution in [2.75, 3.05) is 14.1 Å². The molecule has 0 N–H and O–H groups in total. The molecule has 2 aromatic carbocycles. The maximum atomic E-state index is 12.8. The first-order valence-electron chi connectivity index (χ1n) is 10.3. The summed E-state index contributed by atoms with van der Waals surface area (Å²) in [6.45, 7) is 1.14. The largest absolute Gasteiger partial charge is 0.341 e. The van der Waals surface area contributed by atoms with E-state index in [4.69, 9.17) is 23.2 Å². The molecule has 2 aromatic rings. The predicted octanol–water partition coefficient (Wildman–Crippen LogP) is 5.42. The van der Waals surface area contributed by atoms with Gasteiger partial charge in [0.2, 0.25) is 11.8 Å². The predicted molar refractivity (Wildman–Crippen MR) is 121 cm³/mol. The molecule has 0 bridgehead atoms. The van der Waals surface area contributed by atoms with Gasteiger partial charge in [-0.2, -0.15) is 0 Å². The molecular formula is C24H28Cl2N2O2. The van der Waals surface area contributed by atoms with Gasteiger partial charge in [-0.15, -0.1) is 0 Å². The zero-order chi connectivity index (χ0) is 21.7. The fraction of sp³-hybridized carbons (Fsp3) is 0.417. The summed E-state index contributed by atoms with van der Waals surface area (Å²) >= 11 is 11.9. The molecule has 1 aliphatic carbocycles. The van der Waals surface area contributed by atoms with E-state index in [-0.39, 0.29) is 23.7 Å². The summed E-state index contributed by atoms with van der Waals surface area (Å²) < 4.78 is 0. The first kappa shape index (κ1) is 22.6.